The second-order valence-corrected chi connectivity index (χ2v) is 5.99. The topological polar surface area (TPSA) is 42.2 Å². The largest absolute Gasteiger partial charge is 0.481 e. The van der Waals surface area contributed by atoms with Crippen LogP contribution in [0.4, 0.5) is 0 Å². The van der Waals surface area contributed by atoms with E-state index >= 15 is 0 Å². The number of hydrogen-bond acceptors (Lipinski definition) is 1. The number of carboxylic acid groups (broad SMARTS) is 1. The minimum Gasteiger partial charge on any atom is -0.481 e. The molecule has 4 heteroatoms. The number of fused-ring (bicyclic) bond motifs is 1. The summed E-state index contributed by atoms with van der Waals surface area (Å²) in [7, 11) is 2.01. The van der Waals surface area contributed by atoms with Crippen LogP contribution < -0.4 is 0 Å². The Labute approximate surface area is 114 Å². The molecule has 1 fully saturated rings. The molecule has 1 N–H and O–H groups in total. The van der Waals surface area contributed by atoms with Crippen molar-refractivity contribution in [2.45, 2.75) is 24.7 Å². The van der Waals surface area contributed by atoms with Gasteiger partial charge in [0.05, 0.1) is 11.9 Å². The molecule has 1 aliphatic carbocycles. The lowest BCUT2D eigenvalue weighted by Crippen LogP contribution is -2.14. The lowest BCUT2D eigenvalue weighted by Gasteiger charge is -2.15. The zero-order valence-corrected chi connectivity index (χ0v) is 11.7. The van der Waals surface area contributed by atoms with Gasteiger partial charge in [-0.15, -0.1) is 0 Å². The van der Waals surface area contributed by atoms with Crippen LogP contribution in [0.3, 0.4) is 0 Å². The average Bonchev–Trinajstić information content (AvgIpc) is 3.01. The maximum atomic E-state index is 11.0. The predicted molar refractivity (Wildman–Crippen MR) is 73.8 cm³/mol. The quantitative estimate of drug-likeness (QED) is 0.943. The van der Waals surface area contributed by atoms with Crippen LogP contribution in [-0.2, 0) is 17.3 Å². The highest BCUT2D eigenvalue weighted by atomic mass is 79.9. The molecule has 3 rings (SSSR count). The molecule has 0 spiro atoms. The fraction of sp³-hybridized carbons (Fsp3) is 0.357. The molecule has 1 heterocycles. The van der Waals surface area contributed by atoms with Gasteiger partial charge in [-0.05, 0) is 34.3 Å². The zero-order chi connectivity index (χ0) is 12.9. The molecule has 94 valence electrons. The van der Waals surface area contributed by atoms with E-state index in [0.717, 1.165) is 28.2 Å². The first-order valence-corrected chi connectivity index (χ1v) is 6.79. The van der Waals surface area contributed by atoms with Crippen LogP contribution in [0.2, 0.25) is 0 Å². The first kappa shape index (κ1) is 11.8. The summed E-state index contributed by atoms with van der Waals surface area (Å²) in [6.07, 6.45) is 4.21. The van der Waals surface area contributed by atoms with Crippen LogP contribution in [0.25, 0.3) is 10.9 Å². The van der Waals surface area contributed by atoms with Gasteiger partial charge in [0.2, 0.25) is 0 Å². The lowest BCUT2D eigenvalue weighted by molar-refractivity contribution is -0.137. The number of para-hydroxylation sites is 1. The Balaban J connectivity index is 2.21. The maximum Gasteiger partial charge on any atom is 0.304 e. The van der Waals surface area contributed by atoms with Gasteiger partial charge in [-0.2, -0.15) is 0 Å². The van der Waals surface area contributed by atoms with E-state index in [-0.39, 0.29) is 11.8 Å². The van der Waals surface area contributed by atoms with Gasteiger partial charge < -0.3 is 9.67 Å². The lowest BCUT2D eigenvalue weighted by atomic mass is 9.91. The minimum atomic E-state index is -0.710. The van der Waals surface area contributed by atoms with E-state index in [0.29, 0.717) is 0 Å². The number of aryl methyl sites for hydroxylation is 1. The van der Waals surface area contributed by atoms with Gasteiger partial charge in [0.1, 0.15) is 0 Å². The molecule has 2 aromatic rings. The van der Waals surface area contributed by atoms with E-state index < -0.39 is 5.97 Å². The van der Waals surface area contributed by atoms with Crippen LogP contribution in [0, 0.1) is 0 Å². The van der Waals surface area contributed by atoms with Gasteiger partial charge in [0.15, 0.2) is 0 Å². The maximum absolute atomic E-state index is 11.0. The van der Waals surface area contributed by atoms with Crippen LogP contribution in [0.5, 0.6) is 0 Å². The van der Waals surface area contributed by atoms with Gasteiger partial charge >= 0.3 is 5.97 Å². The highest BCUT2D eigenvalue weighted by Gasteiger charge is 2.47. The van der Waals surface area contributed by atoms with E-state index in [1.807, 2.05) is 19.3 Å². The summed E-state index contributed by atoms with van der Waals surface area (Å²) in [5.41, 5.74) is 2.19. The Morgan fingerprint density at radius 3 is 2.83 bits per heavy atom. The summed E-state index contributed by atoms with van der Waals surface area (Å²) in [6, 6.07) is 6.16. The van der Waals surface area contributed by atoms with Crippen molar-refractivity contribution in [2.75, 3.05) is 0 Å². The van der Waals surface area contributed by atoms with Crippen molar-refractivity contribution in [3.63, 3.8) is 0 Å². The molecule has 0 aliphatic heterocycles. The van der Waals surface area contributed by atoms with Crippen LogP contribution in [0.15, 0.2) is 28.9 Å². The third-order valence-corrected chi connectivity index (χ3v) is 4.50. The fourth-order valence-corrected chi connectivity index (χ4v) is 3.46. The van der Waals surface area contributed by atoms with Crippen molar-refractivity contribution >= 4 is 32.8 Å². The van der Waals surface area contributed by atoms with Crippen LogP contribution >= 0.6 is 15.9 Å². The Morgan fingerprint density at radius 2 is 2.22 bits per heavy atom. The van der Waals surface area contributed by atoms with Crippen molar-refractivity contribution < 1.29 is 9.90 Å². The van der Waals surface area contributed by atoms with Gasteiger partial charge in [-0.1, -0.05) is 18.2 Å². The highest BCUT2D eigenvalue weighted by molar-refractivity contribution is 9.10. The second-order valence-electron chi connectivity index (χ2n) is 5.14. The third kappa shape index (κ3) is 1.67. The number of rotatable bonds is 3. The van der Waals surface area contributed by atoms with E-state index in [1.165, 1.54) is 5.56 Å². The molecule has 1 aliphatic rings. The summed E-state index contributed by atoms with van der Waals surface area (Å²) in [6.45, 7) is 0. The third-order valence-electron chi connectivity index (χ3n) is 3.87. The first-order valence-electron chi connectivity index (χ1n) is 5.99. The first-order chi connectivity index (χ1) is 8.53. The standard InChI is InChI=1S/C14H14BrNO2/c1-16-8-11(15)9-3-2-4-10(13(9)16)14(5-6-14)7-12(17)18/h2-4,8H,5-7H2,1H3,(H,17,18). The summed E-state index contributed by atoms with van der Waals surface area (Å²) in [5.74, 6) is -0.710. The molecule has 1 saturated carbocycles. The second kappa shape index (κ2) is 3.85. The summed E-state index contributed by atoms with van der Waals surface area (Å²) < 4.78 is 3.14. The van der Waals surface area contributed by atoms with E-state index in [2.05, 4.69) is 32.6 Å². The van der Waals surface area contributed by atoms with Crippen molar-refractivity contribution in [3.8, 4) is 0 Å². The molecule has 0 radical (unpaired) electrons. The number of nitrogens with zero attached hydrogens (tertiary/aromatic N) is 1. The minimum absolute atomic E-state index is 0.142. The summed E-state index contributed by atoms with van der Waals surface area (Å²) in [4.78, 5) is 11.0. The SMILES string of the molecule is Cn1cc(Br)c2cccc(C3(CC(=O)O)CC3)c21. The average molecular weight is 308 g/mol. The van der Waals surface area contributed by atoms with Gasteiger partial charge in [0.25, 0.3) is 0 Å². The molecule has 18 heavy (non-hydrogen) atoms. The molecule has 0 amide bonds. The zero-order valence-electron chi connectivity index (χ0n) is 10.1. The molecule has 0 atom stereocenters. The van der Waals surface area contributed by atoms with Crippen molar-refractivity contribution in [3.05, 3.63) is 34.4 Å². The number of halogens is 1. The predicted octanol–water partition coefficient (Wildman–Crippen LogP) is 3.45. The molecule has 3 nitrogen and oxygen atoms in total. The van der Waals surface area contributed by atoms with Crippen molar-refractivity contribution in [1.82, 2.24) is 4.57 Å². The normalized spacial score (nSPS) is 17.0. The number of benzene rings is 1. The fourth-order valence-electron chi connectivity index (χ4n) is 2.83. The molecular formula is C14H14BrNO2. The van der Waals surface area contributed by atoms with Crippen LogP contribution in [-0.4, -0.2) is 15.6 Å². The van der Waals surface area contributed by atoms with Crippen LogP contribution in [0.1, 0.15) is 24.8 Å². The highest BCUT2D eigenvalue weighted by Crippen LogP contribution is 2.53. The number of hydrogen-bond donors (Lipinski definition) is 1. The molecular weight excluding hydrogens is 294 g/mol. The summed E-state index contributed by atoms with van der Waals surface area (Å²) in [5, 5.41) is 10.2. The molecule has 0 unspecified atom stereocenters. The van der Waals surface area contributed by atoms with Crippen molar-refractivity contribution in [2.24, 2.45) is 7.05 Å². The number of carboxylic acids is 1. The Hall–Kier alpha value is -1.29. The Morgan fingerprint density at radius 1 is 1.50 bits per heavy atom. The van der Waals surface area contributed by atoms with E-state index in [9.17, 15) is 4.79 Å². The smallest absolute Gasteiger partial charge is 0.304 e. The monoisotopic (exact) mass is 307 g/mol. The van der Waals surface area contributed by atoms with Gasteiger partial charge in [-0.3, -0.25) is 4.79 Å². The van der Waals surface area contributed by atoms with E-state index in [1.54, 1.807) is 0 Å². The number of aliphatic carboxylic acids is 1. The summed E-state index contributed by atoms with van der Waals surface area (Å²) >= 11 is 3.55. The molecule has 0 saturated heterocycles. The van der Waals surface area contributed by atoms with E-state index in [4.69, 9.17) is 5.11 Å². The molecule has 1 aromatic carbocycles. The Bertz CT molecular complexity index is 641. The number of carbonyl (C=O) groups is 1. The molecule has 1 aromatic heterocycles. The van der Waals surface area contributed by atoms with Gasteiger partial charge in [-0.25, -0.2) is 0 Å². The molecule has 0 bridgehead atoms. The Kier molecular flexibility index (Phi) is 2.52. The number of aromatic nitrogens is 1. The van der Waals surface area contributed by atoms with Gasteiger partial charge in [0, 0.05) is 28.5 Å². The van der Waals surface area contributed by atoms with Crippen molar-refractivity contribution in [1.29, 1.82) is 0 Å².